The second-order valence-electron chi connectivity index (χ2n) is 4.36. The average Bonchev–Trinajstić information content (AvgIpc) is 2.46. The van der Waals surface area contributed by atoms with Crippen LogP contribution in [-0.2, 0) is 20.8 Å². The van der Waals surface area contributed by atoms with Crippen molar-refractivity contribution in [2.45, 2.75) is 19.9 Å². The first-order valence-electron chi connectivity index (χ1n) is 6.65. The zero-order chi connectivity index (χ0) is 14.6. The molecule has 0 spiro atoms. The predicted octanol–water partition coefficient (Wildman–Crippen LogP) is 1.51. The minimum Gasteiger partial charge on any atom is -0.374 e. The van der Waals surface area contributed by atoms with Gasteiger partial charge in [-0.15, -0.1) is 0 Å². The lowest BCUT2D eigenvalue weighted by Crippen LogP contribution is -2.07. The van der Waals surface area contributed by atoms with Crippen molar-refractivity contribution in [3.8, 4) is 11.8 Å². The third-order valence-electron chi connectivity index (χ3n) is 2.48. The van der Waals surface area contributed by atoms with E-state index in [1.807, 2.05) is 24.3 Å². The molecule has 0 saturated heterocycles. The SMILES string of the molecule is CC(=O)COCCCOCC#Cc1ccc(CN)cc1. The van der Waals surface area contributed by atoms with E-state index in [0.717, 1.165) is 17.5 Å². The predicted molar refractivity (Wildman–Crippen MR) is 78.1 cm³/mol. The van der Waals surface area contributed by atoms with E-state index in [1.165, 1.54) is 6.92 Å². The highest BCUT2D eigenvalue weighted by Crippen LogP contribution is 2.01. The number of benzene rings is 1. The van der Waals surface area contributed by atoms with Crippen LogP contribution in [-0.4, -0.2) is 32.2 Å². The minimum atomic E-state index is 0.0393. The van der Waals surface area contributed by atoms with E-state index in [1.54, 1.807) is 0 Å². The van der Waals surface area contributed by atoms with Crippen molar-refractivity contribution in [2.75, 3.05) is 26.4 Å². The standard InChI is InChI=1S/C16H21NO3/c1-14(18)13-20-11-3-10-19-9-2-4-15-5-7-16(12-17)8-6-15/h5-8H,3,9-13,17H2,1H3. The smallest absolute Gasteiger partial charge is 0.155 e. The van der Waals surface area contributed by atoms with E-state index in [0.29, 0.717) is 26.4 Å². The molecular weight excluding hydrogens is 254 g/mol. The number of hydrogen-bond donors (Lipinski definition) is 1. The molecule has 1 rings (SSSR count). The lowest BCUT2D eigenvalue weighted by molar-refractivity contribution is -0.121. The molecular formula is C16H21NO3. The van der Waals surface area contributed by atoms with Crippen LogP contribution in [0.25, 0.3) is 0 Å². The fourth-order valence-electron chi connectivity index (χ4n) is 1.46. The van der Waals surface area contributed by atoms with Crippen molar-refractivity contribution in [3.05, 3.63) is 35.4 Å². The van der Waals surface area contributed by atoms with Gasteiger partial charge in [0.05, 0.1) is 6.61 Å². The van der Waals surface area contributed by atoms with Crippen molar-refractivity contribution in [1.82, 2.24) is 0 Å². The average molecular weight is 275 g/mol. The molecule has 1 aromatic carbocycles. The molecule has 0 saturated carbocycles. The van der Waals surface area contributed by atoms with Crippen molar-refractivity contribution in [3.63, 3.8) is 0 Å². The summed E-state index contributed by atoms with van der Waals surface area (Å²) in [6.45, 7) is 3.74. The maximum absolute atomic E-state index is 10.6. The zero-order valence-electron chi connectivity index (χ0n) is 11.9. The topological polar surface area (TPSA) is 61.5 Å². The van der Waals surface area contributed by atoms with Gasteiger partial charge in [-0.2, -0.15) is 0 Å². The summed E-state index contributed by atoms with van der Waals surface area (Å²) in [7, 11) is 0. The second-order valence-corrected chi connectivity index (χ2v) is 4.36. The van der Waals surface area contributed by atoms with Gasteiger partial charge in [0.15, 0.2) is 5.78 Å². The third-order valence-corrected chi connectivity index (χ3v) is 2.48. The molecule has 0 bridgehead atoms. The van der Waals surface area contributed by atoms with Crippen molar-refractivity contribution < 1.29 is 14.3 Å². The molecule has 0 amide bonds. The van der Waals surface area contributed by atoms with E-state index in [4.69, 9.17) is 15.2 Å². The van der Waals surface area contributed by atoms with Gasteiger partial charge in [0, 0.05) is 18.7 Å². The van der Waals surface area contributed by atoms with Crippen LogP contribution >= 0.6 is 0 Å². The van der Waals surface area contributed by atoms with E-state index >= 15 is 0 Å². The molecule has 0 aliphatic carbocycles. The molecule has 4 nitrogen and oxygen atoms in total. The number of ether oxygens (including phenoxy) is 2. The largest absolute Gasteiger partial charge is 0.374 e. The monoisotopic (exact) mass is 275 g/mol. The van der Waals surface area contributed by atoms with Crippen LogP contribution in [0, 0.1) is 11.8 Å². The van der Waals surface area contributed by atoms with Crippen molar-refractivity contribution in [1.29, 1.82) is 0 Å². The Labute approximate surface area is 120 Å². The summed E-state index contributed by atoms with van der Waals surface area (Å²) in [6.07, 6.45) is 0.764. The van der Waals surface area contributed by atoms with Gasteiger partial charge in [-0.05, 0) is 31.0 Å². The van der Waals surface area contributed by atoms with Gasteiger partial charge >= 0.3 is 0 Å². The van der Waals surface area contributed by atoms with Gasteiger partial charge in [-0.3, -0.25) is 4.79 Å². The Balaban J connectivity index is 2.09. The maximum atomic E-state index is 10.6. The molecule has 0 heterocycles. The first-order chi connectivity index (χ1) is 9.72. The fraction of sp³-hybridized carbons (Fsp3) is 0.438. The summed E-state index contributed by atoms with van der Waals surface area (Å²) in [6, 6.07) is 7.84. The third kappa shape index (κ3) is 7.70. The molecule has 0 aromatic heterocycles. The summed E-state index contributed by atoms with van der Waals surface area (Å²) in [5.74, 6) is 6.01. The Morgan fingerprint density at radius 1 is 1.20 bits per heavy atom. The normalized spacial score (nSPS) is 9.90. The van der Waals surface area contributed by atoms with Crippen LogP contribution in [0.15, 0.2) is 24.3 Å². The first-order valence-corrected chi connectivity index (χ1v) is 6.65. The van der Waals surface area contributed by atoms with E-state index < -0.39 is 0 Å². The summed E-state index contributed by atoms with van der Waals surface area (Å²) in [5.41, 5.74) is 7.57. The minimum absolute atomic E-state index is 0.0393. The molecule has 0 aliphatic heterocycles. The van der Waals surface area contributed by atoms with E-state index in [2.05, 4.69) is 11.8 Å². The second kappa shape index (κ2) is 10.2. The van der Waals surface area contributed by atoms with Gasteiger partial charge < -0.3 is 15.2 Å². The number of Topliss-reactive ketones (excluding diaryl/α,β-unsaturated/α-hetero) is 1. The lowest BCUT2D eigenvalue weighted by atomic mass is 10.1. The molecule has 20 heavy (non-hydrogen) atoms. The Morgan fingerprint density at radius 2 is 1.90 bits per heavy atom. The number of carbonyl (C=O) groups is 1. The zero-order valence-corrected chi connectivity index (χ0v) is 11.9. The Hall–Kier alpha value is -1.67. The van der Waals surface area contributed by atoms with Crippen LogP contribution in [0.2, 0.25) is 0 Å². The highest BCUT2D eigenvalue weighted by Gasteiger charge is 1.93. The van der Waals surface area contributed by atoms with Gasteiger partial charge in [0.25, 0.3) is 0 Å². The Bertz CT molecular complexity index is 457. The number of nitrogens with two attached hydrogens (primary N) is 1. The number of rotatable bonds is 8. The number of carbonyl (C=O) groups excluding carboxylic acids is 1. The van der Waals surface area contributed by atoms with Crippen LogP contribution in [0.3, 0.4) is 0 Å². The summed E-state index contributed by atoms with van der Waals surface area (Å²) in [5, 5.41) is 0. The highest BCUT2D eigenvalue weighted by atomic mass is 16.5. The summed E-state index contributed by atoms with van der Waals surface area (Å²) in [4.78, 5) is 10.6. The Kier molecular flexibility index (Phi) is 8.32. The molecule has 0 aliphatic rings. The van der Waals surface area contributed by atoms with Gasteiger partial charge in [-0.25, -0.2) is 0 Å². The highest BCUT2D eigenvalue weighted by molar-refractivity contribution is 5.76. The van der Waals surface area contributed by atoms with Crippen LogP contribution in [0.1, 0.15) is 24.5 Å². The van der Waals surface area contributed by atoms with Gasteiger partial charge in [0.1, 0.15) is 13.2 Å². The van der Waals surface area contributed by atoms with E-state index in [9.17, 15) is 4.79 Å². The molecule has 0 fully saturated rings. The van der Waals surface area contributed by atoms with Gasteiger partial charge in [-0.1, -0.05) is 24.0 Å². The molecule has 0 unspecified atom stereocenters. The molecule has 0 radical (unpaired) electrons. The van der Waals surface area contributed by atoms with E-state index in [-0.39, 0.29) is 12.4 Å². The maximum Gasteiger partial charge on any atom is 0.155 e. The van der Waals surface area contributed by atoms with Crippen molar-refractivity contribution >= 4 is 5.78 Å². The molecule has 4 heteroatoms. The molecule has 1 aromatic rings. The lowest BCUT2D eigenvalue weighted by Gasteiger charge is -2.01. The first kappa shape index (κ1) is 16.4. The quantitative estimate of drug-likeness (QED) is 0.577. The van der Waals surface area contributed by atoms with Crippen LogP contribution in [0.4, 0.5) is 0 Å². The molecule has 2 N–H and O–H groups in total. The van der Waals surface area contributed by atoms with Crippen LogP contribution in [0.5, 0.6) is 0 Å². The molecule has 0 atom stereocenters. The van der Waals surface area contributed by atoms with Crippen LogP contribution < -0.4 is 5.73 Å². The summed E-state index contributed by atoms with van der Waals surface area (Å²) >= 11 is 0. The Morgan fingerprint density at radius 3 is 2.55 bits per heavy atom. The summed E-state index contributed by atoms with van der Waals surface area (Å²) < 4.78 is 10.5. The van der Waals surface area contributed by atoms with Gasteiger partial charge in [0.2, 0.25) is 0 Å². The molecule has 108 valence electrons. The number of ketones is 1. The van der Waals surface area contributed by atoms with Crippen molar-refractivity contribution in [2.24, 2.45) is 5.73 Å². The fourth-order valence-corrected chi connectivity index (χ4v) is 1.46. The number of hydrogen-bond acceptors (Lipinski definition) is 4.